The lowest BCUT2D eigenvalue weighted by Gasteiger charge is -2.38. The molecule has 1 aromatic carbocycles. The minimum Gasteiger partial charge on any atom is -0.382 e. The number of piperidine rings is 1. The van der Waals surface area contributed by atoms with E-state index in [0.29, 0.717) is 11.8 Å². The maximum Gasteiger partial charge on any atom is 0.317 e. The minimum atomic E-state index is 0.143. The van der Waals surface area contributed by atoms with Gasteiger partial charge in [0.2, 0.25) is 0 Å². The highest BCUT2D eigenvalue weighted by molar-refractivity contribution is 5.74. The molecular formula is C29H49N3O2. The number of rotatable bonds is 13. The van der Waals surface area contributed by atoms with Crippen molar-refractivity contribution in [3.05, 3.63) is 35.9 Å². The molecule has 1 heterocycles. The number of likely N-dealkylation sites (tertiary alicyclic amines) is 1. The Hall–Kier alpha value is -1.59. The molecule has 0 aromatic heterocycles. The van der Waals surface area contributed by atoms with E-state index in [0.717, 1.165) is 58.0 Å². The Morgan fingerprint density at radius 3 is 2.62 bits per heavy atom. The zero-order valence-electron chi connectivity index (χ0n) is 21.8. The average molecular weight is 472 g/mol. The van der Waals surface area contributed by atoms with Gasteiger partial charge in [0.15, 0.2) is 0 Å². The molecule has 1 unspecified atom stereocenters. The van der Waals surface area contributed by atoms with E-state index in [-0.39, 0.29) is 12.1 Å². The molecule has 1 saturated heterocycles. The number of unbranched alkanes of at least 4 members (excludes halogenated alkanes) is 1. The number of nitrogens with zero attached hydrogens (tertiary/aromatic N) is 1. The van der Waals surface area contributed by atoms with Crippen LogP contribution in [0.2, 0.25) is 0 Å². The van der Waals surface area contributed by atoms with Gasteiger partial charge in [-0.2, -0.15) is 0 Å². The third-order valence-corrected chi connectivity index (χ3v) is 7.92. The first-order chi connectivity index (χ1) is 16.7. The molecule has 2 N–H and O–H groups in total. The molecular weight excluding hydrogens is 422 g/mol. The van der Waals surface area contributed by atoms with Gasteiger partial charge in [0, 0.05) is 38.9 Å². The third kappa shape index (κ3) is 8.88. The zero-order valence-corrected chi connectivity index (χ0v) is 21.8. The summed E-state index contributed by atoms with van der Waals surface area (Å²) in [5, 5.41) is 6.72. The predicted octanol–water partition coefficient (Wildman–Crippen LogP) is 5.96. The number of hydrogen-bond donors (Lipinski definition) is 2. The first kappa shape index (κ1) is 27.0. The summed E-state index contributed by atoms with van der Waals surface area (Å²) in [4.78, 5) is 15.4. The van der Waals surface area contributed by atoms with E-state index in [1.807, 2.05) is 7.05 Å². The van der Waals surface area contributed by atoms with Crippen LogP contribution in [0.1, 0.15) is 89.0 Å². The average Bonchev–Trinajstić information content (AvgIpc) is 2.87. The van der Waals surface area contributed by atoms with Gasteiger partial charge >= 0.3 is 6.03 Å². The number of likely N-dealkylation sites (N-methyl/N-ethyl adjacent to an activating group) is 1. The number of hydrogen-bond acceptors (Lipinski definition) is 3. The van der Waals surface area contributed by atoms with E-state index < -0.39 is 0 Å². The lowest BCUT2D eigenvalue weighted by atomic mass is 9.78. The van der Waals surface area contributed by atoms with E-state index in [4.69, 9.17) is 4.74 Å². The maximum absolute atomic E-state index is 13.3. The summed E-state index contributed by atoms with van der Waals surface area (Å²) < 4.78 is 5.56. The van der Waals surface area contributed by atoms with Gasteiger partial charge in [-0.1, -0.05) is 68.9 Å². The highest BCUT2D eigenvalue weighted by Crippen LogP contribution is 2.36. The number of nitrogens with one attached hydrogen (secondary N) is 2. The highest BCUT2D eigenvalue weighted by atomic mass is 16.5. The maximum atomic E-state index is 13.3. The van der Waals surface area contributed by atoms with Crippen LogP contribution >= 0.6 is 0 Å². The van der Waals surface area contributed by atoms with Gasteiger partial charge in [-0.15, -0.1) is 0 Å². The van der Waals surface area contributed by atoms with Crippen molar-refractivity contribution < 1.29 is 9.53 Å². The molecule has 5 heteroatoms. The second kappa shape index (κ2) is 15.4. The molecule has 0 spiro atoms. The summed E-state index contributed by atoms with van der Waals surface area (Å²) in [6.07, 6.45) is 13.6. The topological polar surface area (TPSA) is 53.6 Å². The Labute approximate surface area is 208 Å². The van der Waals surface area contributed by atoms with Crippen LogP contribution in [0, 0.1) is 11.8 Å². The quantitative estimate of drug-likeness (QED) is 0.349. The van der Waals surface area contributed by atoms with Crippen LogP contribution in [0.5, 0.6) is 0 Å². The minimum absolute atomic E-state index is 0.143. The predicted molar refractivity (Wildman–Crippen MR) is 141 cm³/mol. The summed E-state index contributed by atoms with van der Waals surface area (Å²) in [6, 6.07) is 11.3. The summed E-state index contributed by atoms with van der Waals surface area (Å²) in [7, 11) is 1.99. The number of amides is 2. The van der Waals surface area contributed by atoms with Crippen LogP contribution < -0.4 is 10.6 Å². The molecule has 0 bridgehead atoms. The fourth-order valence-electron chi connectivity index (χ4n) is 6.14. The standard InChI is InChI=1S/C29H49N3O2/c1-3-34-20-11-10-18-28(25-15-8-5-9-16-25)26-17-12-19-32(23-26)29(33)31-27(22-30-2)21-24-13-6-4-7-14-24/h5,8-9,15-16,24,26-28,30H,3-4,6-7,10-14,17-23H2,1-2H3,(H,31,33)/t26-,27?,28+/m1/s1. The van der Waals surface area contributed by atoms with Gasteiger partial charge in [-0.25, -0.2) is 4.79 Å². The van der Waals surface area contributed by atoms with E-state index in [1.165, 1.54) is 56.9 Å². The van der Waals surface area contributed by atoms with E-state index >= 15 is 0 Å². The molecule has 1 aliphatic carbocycles. The van der Waals surface area contributed by atoms with Gasteiger partial charge in [-0.3, -0.25) is 0 Å². The number of urea groups is 1. The van der Waals surface area contributed by atoms with E-state index in [9.17, 15) is 4.79 Å². The van der Waals surface area contributed by atoms with Crippen molar-refractivity contribution >= 4 is 6.03 Å². The van der Waals surface area contributed by atoms with Gasteiger partial charge in [0.05, 0.1) is 0 Å². The molecule has 34 heavy (non-hydrogen) atoms. The van der Waals surface area contributed by atoms with Gasteiger partial charge in [0.1, 0.15) is 0 Å². The van der Waals surface area contributed by atoms with Crippen molar-refractivity contribution in [1.29, 1.82) is 0 Å². The largest absolute Gasteiger partial charge is 0.382 e. The second-order valence-corrected chi connectivity index (χ2v) is 10.5. The van der Waals surface area contributed by atoms with Crippen LogP contribution in [0.3, 0.4) is 0 Å². The monoisotopic (exact) mass is 471 g/mol. The van der Waals surface area contributed by atoms with Gasteiger partial charge < -0.3 is 20.3 Å². The Morgan fingerprint density at radius 1 is 1.09 bits per heavy atom. The molecule has 1 aliphatic heterocycles. The van der Waals surface area contributed by atoms with Crippen LogP contribution in [-0.2, 0) is 4.74 Å². The normalized spacial score (nSPS) is 21.2. The highest BCUT2D eigenvalue weighted by Gasteiger charge is 2.31. The van der Waals surface area contributed by atoms with Crippen molar-refractivity contribution in [1.82, 2.24) is 15.5 Å². The Bertz CT molecular complexity index is 677. The van der Waals surface area contributed by atoms with Crippen LogP contribution in [0.4, 0.5) is 4.79 Å². The van der Waals surface area contributed by atoms with Crippen molar-refractivity contribution in [3.63, 3.8) is 0 Å². The van der Waals surface area contributed by atoms with Crippen molar-refractivity contribution in [2.24, 2.45) is 11.8 Å². The number of ether oxygens (including phenoxy) is 1. The van der Waals surface area contributed by atoms with Crippen molar-refractivity contribution in [3.8, 4) is 0 Å². The fourth-order valence-corrected chi connectivity index (χ4v) is 6.14. The lowest BCUT2D eigenvalue weighted by Crippen LogP contribution is -2.51. The molecule has 2 fully saturated rings. The lowest BCUT2D eigenvalue weighted by molar-refractivity contribution is 0.136. The van der Waals surface area contributed by atoms with Crippen LogP contribution in [0.15, 0.2) is 30.3 Å². The Balaban J connectivity index is 1.58. The van der Waals surface area contributed by atoms with Crippen LogP contribution in [0.25, 0.3) is 0 Å². The molecule has 1 aromatic rings. The van der Waals surface area contributed by atoms with E-state index in [1.54, 1.807) is 0 Å². The summed E-state index contributed by atoms with van der Waals surface area (Å²) >= 11 is 0. The molecule has 3 rings (SSSR count). The van der Waals surface area contributed by atoms with Crippen molar-refractivity contribution in [2.45, 2.75) is 89.5 Å². The molecule has 2 amide bonds. The third-order valence-electron chi connectivity index (χ3n) is 7.92. The fraction of sp³-hybridized carbons (Fsp3) is 0.759. The zero-order chi connectivity index (χ0) is 24.0. The first-order valence-electron chi connectivity index (χ1n) is 14.0. The van der Waals surface area contributed by atoms with Crippen LogP contribution in [-0.4, -0.2) is 56.9 Å². The molecule has 2 aliphatic rings. The first-order valence-corrected chi connectivity index (χ1v) is 14.0. The van der Waals surface area contributed by atoms with Gasteiger partial charge in [-0.05, 0) is 69.4 Å². The van der Waals surface area contributed by atoms with Gasteiger partial charge in [0.25, 0.3) is 0 Å². The number of benzene rings is 1. The summed E-state index contributed by atoms with van der Waals surface area (Å²) in [5.41, 5.74) is 1.43. The van der Waals surface area contributed by atoms with E-state index in [2.05, 4.69) is 52.8 Å². The Kier molecular flexibility index (Phi) is 12.2. The summed E-state index contributed by atoms with van der Waals surface area (Å²) in [5.74, 6) is 1.80. The van der Waals surface area contributed by atoms with Crippen molar-refractivity contribution in [2.75, 3.05) is 39.9 Å². The molecule has 3 atom stereocenters. The summed E-state index contributed by atoms with van der Waals surface area (Å²) in [6.45, 7) is 6.31. The smallest absolute Gasteiger partial charge is 0.317 e. The SMILES string of the molecule is CCOCCCC[C@@H](c1ccccc1)[C@@H]1CCCN(C(=O)NC(CNC)CC2CCCCC2)C1. The molecule has 192 valence electrons. The molecule has 1 saturated carbocycles. The second-order valence-electron chi connectivity index (χ2n) is 10.5. The Morgan fingerprint density at radius 2 is 1.88 bits per heavy atom. The number of carbonyl (C=O) groups is 1. The molecule has 0 radical (unpaired) electrons. The molecule has 5 nitrogen and oxygen atoms in total. The number of carbonyl (C=O) groups excluding carboxylic acids is 1.